The van der Waals surface area contributed by atoms with E-state index in [1.54, 1.807) is 12.1 Å². The van der Waals surface area contributed by atoms with E-state index in [1.165, 1.54) is 0 Å². The number of ether oxygens (including phenoxy) is 1. The lowest BCUT2D eigenvalue weighted by Gasteiger charge is -2.14. The van der Waals surface area contributed by atoms with Gasteiger partial charge in [0, 0.05) is 11.4 Å². The summed E-state index contributed by atoms with van der Waals surface area (Å²) in [4.78, 5) is 0. The maximum atomic E-state index is 5.73. The Hall–Kier alpha value is -2.90. The second-order valence-electron chi connectivity index (χ2n) is 5.45. The molecule has 0 fully saturated rings. The number of nitrogens with zero attached hydrogens (tertiary/aromatic N) is 2. The number of hydrogen-bond donors (Lipinski definition) is 3. The van der Waals surface area contributed by atoms with Gasteiger partial charge >= 0.3 is 0 Å². The molecule has 0 radical (unpaired) electrons. The van der Waals surface area contributed by atoms with E-state index in [9.17, 15) is 0 Å². The second-order valence-corrected chi connectivity index (χ2v) is 6.25. The molecule has 3 N–H and O–H groups in total. The van der Waals surface area contributed by atoms with Crippen LogP contribution in [-0.4, -0.2) is 21.9 Å². The Bertz CT molecular complexity index is 903. The monoisotopic (exact) mass is 399 g/mol. The lowest BCUT2D eigenvalue weighted by Crippen LogP contribution is -2.19. The minimum absolute atomic E-state index is 0.354. The maximum absolute atomic E-state index is 5.73. The summed E-state index contributed by atoms with van der Waals surface area (Å²) in [7, 11) is 0. The zero-order chi connectivity index (χ0) is 19.1. The molecule has 0 aliphatic heterocycles. The number of rotatable bonds is 6. The fourth-order valence-corrected chi connectivity index (χ4v) is 2.63. The molecule has 3 aromatic rings. The molecule has 0 unspecified atom stereocenters. The Kier molecular flexibility index (Phi) is 6.40. The van der Waals surface area contributed by atoms with Crippen LogP contribution in [0.5, 0.6) is 5.75 Å². The second kappa shape index (κ2) is 9.16. The van der Waals surface area contributed by atoms with Crippen LogP contribution in [0, 0.1) is 0 Å². The average molecular weight is 400 g/mol. The highest BCUT2D eigenvalue weighted by atomic mass is 35.5. The number of halogens is 1. The predicted molar refractivity (Wildman–Crippen MR) is 114 cm³/mol. The van der Waals surface area contributed by atoms with Gasteiger partial charge in [-0.1, -0.05) is 23.7 Å². The highest BCUT2D eigenvalue weighted by Crippen LogP contribution is 2.24. The summed E-state index contributed by atoms with van der Waals surface area (Å²) in [5, 5.41) is 18.0. The third kappa shape index (κ3) is 5.54. The van der Waals surface area contributed by atoms with E-state index in [0.717, 1.165) is 22.8 Å². The molecule has 0 saturated carbocycles. The SMILES string of the molecule is CCOc1ccccc1NC(=S)Nc1ccc(Nc2ccc(Cl)nn2)cc1. The van der Waals surface area contributed by atoms with Crippen molar-refractivity contribution in [1.29, 1.82) is 0 Å². The van der Waals surface area contributed by atoms with Gasteiger partial charge in [0.15, 0.2) is 16.1 Å². The van der Waals surface area contributed by atoms with Crippen molar-refractivity contribution in [2.45, 2.75) is 6.92 Å². The molecular formula is C19H18ClN5OS. The molecule has 0 atom stereocenters. The molecule has 0 aliphatic carbocycles. The molecule has 138 valence electrons. The molecule has 8 heteroatoms. The normalized spacial score (nSPS) is 10.1. The van der Waals surface area contributed by atoms with Crippen LogP contribution in [-0.2, 0) is 0 Å². The molecule has 0 spiro atoms. The van der Waals surface area contributed by atoms with Crippen LogP contribution in [0.3, 0.4) is 0 Å². The van der Waals surface area contributed by atoms with Crippen molar-refractivity contribution >= 4 is 51.8 Å². The van der Waals surface area contributed by atoms with Gasteiger partial charge in [0.25, 0.3) is 0 Å². The first-order valence-electron chi connectivity index (χ1n) is 8.30. The van der Waals surface area contributed by atoms with Crippen LogP contribution in [0.1, 0.15) is 6.92 Å². The van der Waals surface area contributed by atoms with E-state index in [2.05, 4.69) is 26.1 Å². The number of thiocarbonyl (C=S) groups is 1. The van der Waals surface area contributed by atoms with E-state index < -0.39 is 0 Å². The minimum Gasteiger partial charge on any atom is -0.492 e. The van der Waals surface area contributed by atoms with Crippen molar-refractivity contribution in [3.8, 4) is 5.75 Å². The standard InChI is InChI=1S/C19H18ClN5OS/c1-2-26-16-6-4-3-5-15(16)23-19(27)22-14-9-7-13(8-10-14)21-18-12-11-17(20)24-25-18/h3-12H,2H2,1H3,(H,21,25)(H2,22,23,27). The molecule has 1 heterocycles. The van der Waals surface area contributed by atoms with Crippen molar-refractivity contribution < 1.29 is 4.74 Å². The van der Waals surface area contributed by atoms with E-state index in [-0.39, 0.29) is 0 Å². The summed E-state index contributed by atoms with van der Waals surface area (Å²) in [5.41, 5.74) is 2.54. The largest absolute Gasteiger partial charge is 0.492 e. The van der Waals surface area contributed by atoms with Crippen LogP contribution < -0.4 is 20.7 Å². The Labute approximate surface area is 167 Å². The fourth-order valence-electron chi connectivity index (χ4n) is 2.30. The van der Waals surface area contributed by atoms with Gasteiger partial charge < -0.3 is 20.7 Å². The molecule has 2 aromatic carbocycles. The van der Waals surface area contributed by atoms with Gasteiger partial charge in [-0.05, 0) is 67.7 Å². The average Bonchev–Trinajstić information content (AvgIpc) is 2.67. The summed E-state index contributed by atoms with van der Waals surface area (Å²) in [5.74, 6) is 1.37. The molecule has 0 aliphatic rings. The third-order valence-electron chi connectivity index (χ3n) is 3.48. The lowest BCUT2D eigenvalue weighted by atomic mass is 10.2. The van der Waals surface area contributed by atoms with Crippen molar-refractivity contribution in [2.75, 3.05) is 22.6 Å². The quantitative estimate of drug-likeness (QED) is 0.499. The van der Waals surface area contributed by atoms with E-state index >= 15 is 0 Å². The summed E-state index contributed by atoms with van der Waals surface area (Å²) in [6, 6.07) is 18.7. The molecule has 0 bridgehead atoms. The van der Waals surface area contributed by atoms with E-state index in [0.29, 0.717) is 22.7 Å². The van der Waals surface area contributed by atoms with E-state index in [1.807, 2.05) is 55.5 Å². The summed E-state index contributed by atoms with van der Waals surface area (Å²) < 4.78 is 5.59. The number of hydrogen-bond acceptors (Lipinski definition) is 5. The zero-order valence-corrected chi connectivity index (χ0v) is 16.1. The lowest BCUT2D eigenvalue weighted by molar-refractivity contribution is 0.342. The Balaban J connectivity index is 1.59. The molecule has 1 aromatic heterocycles. The number of aromatic nitrogens is 2. The summed E-state index contributed by atoms with van der Waals surface area (Å²) >= 11 is 11.1. The Morgan fingerprint density at radius 2 is 1.70 bits per heavy atom. The first kappa shape index (κ1) is 18.9. The van der Waals surface area contributed by atoms with Gasteiger partial charge in [-0.2, -0.15) is 0 Å². The molecule has 3 rings (SSSR count). The number of anilines is 4. The fraction of sp³-hybridized carbons (Fsp3) is 0.105. The van der Waals surface area contributed by atoms with Crippen LogP contribution in [0.2, 0.25) is 5.15 Å². The molecular weight excluding hydrogens is 382 g/mol. The van der Waals surface area contributed by atoms with Crippen molar-refractivity contribution in [2.24, 2.45) is 0 Å². The smallest absolute Gasteiger partial charge is 0.175 e. The van der Waals surface area contributed by atoms with E-state index in [4.69, 9.17) is 28.6 Å². The number of nitrogens with one attached hydrogen (secondary N) is 3. The van der Waals surface area contributed by atoms with Crippen molar-refractivity contribution in [3.05, 3.63) is 65.8 Å². The zero-order valence-electron chi connectivity index (χ0n) is 14.6. The minimum atomic E-state index is 0.354. The van der Waals surface area contributed by atoms with Crippen LogP contribution in [0.4, 0.5) is 22.9 Å². The maximum Gasteiger partial charge on any atom is 0.175 e. The van der Waals surface area contributed by atoms with Gasteiger partial charge in [-0.3, -0.25) is 0 Å². The molecule has 0 amide bonds. The summed E-state index contributed by atoms with van der Waals surface area (Å²) in [6.45, 7) is 2.53. The van der Waals surface area contributed by atoms with Gasteiger partial charge in [0.05, 0.1) is 12.3 Å². The van der Waals surface area contributed by atoms with Crippen molar-refractivity contribution in [1.82, 2.24) is 10.2 Å². The highest BCUT2D eigenvalue weighted by Gasteiger charge is 2.05. The van der Waals surface area contributed by atoms with Gasteiger partial charge in [-0.15, -0.1) is 10.2 Å². The van der Waals surface area contributed by atoms with Crippen LogP contribution >= 0.6 is 23.8 Å². The van der Waals surface area contributed by atoms with Gasteiger partial charge in [0.2, 0.25) is 0 Å². The molecule has 27 heavy (non-hydrogen) atoms. The Morgan fingerprint density at radius 1 is 0.963 bits per heavy atom. The molecule has 0 saturated heterocycles. The topological polar surface area (TPSA) is 71.1 Å². The predicted octanol–water partition coefficient (Wildman–Crippen LogP) is 5.08. The molecule has 6 nitrogen and oxygen atoms in total. The van der Waals surface area contributed by atoms with Crippen LogP contribution in [0.15, 0.2) is 60.7 Å². The van der Waals surface area contributed by atoms with Crippen LogP contribution in [0.25, 0.3) is 0 Å². The highest BCUT2D eigenvalue weighted by molar-refractivity contribution is 7.80. The van der Waals surface area contributed by atoms with Crippen molar-refractivity contribution in [3.63, 3.8) is 0 Å². The Morgan fingerprint density at radius 3 is 2.41 bits per heavy atom. The number of para-hydroxylation sites is 2. The first-order chi connectivity index (χ1) is 13.1. The van der Waals surface area contributed by atoms with Gasteiger partial charge in [0.1, 0.15) is 5.75 Å². The number of benzene rings is 2. The first-order valence-corrected chi connectivity index (χ1v) is 9.09. The third-order valence-corrected chi connectivity index (χ3v) is 3.89. The summed E-state index contributed by atoms with van der Waals surface area (Å²) in [6.07, 6.45) is 0. The van der Waals surface area contributed by atoms with Gasteiger partial charge in [-0.25, -0.2) is 0 Å².